The lowest BCUT2D eigenvalue weighted by atomic mass is 9.99. The number of benzene rings is 1. The summed E-state index contributed by atoms with van der Waals surface area (Å²) in [6.45, 7) is 1.94. The van der Waals surface area contributed by atoms with Gasteiger partial charge in [-0.15, -0.1) is 0 Å². The van der Waals surface area contributed by atoms with Gasteiger partial charge < -0.3 is 25.7 Å². The van der Waals surface area contributed by atoms with E-state index in [4.69, 9.17) is 20.4 Å². The van der Waals surface area contributed by atoms with E-state index < -0.39 is 11.9 Å². The molecule has 0 unspecified atom stereocenters. The molecule has 1 aliphatic rings. The Morgan fingerprint density at radius 3 is 3.00 bits per heavy atom. The molecule has 4 rings (SSSR count). The Kier molecular flexibility index (Phi) is 4.90. The number of anilines is 1. The van der Waals surface area contributed by atoms with Crippen molar-refractivity contribution in [1.29, 1.82) is 10.7 Å². The minimum Gasteiger partial charge on any atom is -0.482 e. The molecular weight excluding hydrogens is 387 g/mol. The van der Waals surface area contributed by atoms with Crippen molar-refractivity contribution in [2.45, 2.75) is 19.6 Å². The van der Waals surface area contributed by atoms with Gasteiger partial charge in [0.2, 0.25) is 0 Å². The molecule has 9 heteroatoms. The molecule has 1 aromatic carbocycles. The highest BCUT2D eigenvalue weighted by Gasteiger charge is 2.23. The molecule has 0 amide bonds. The molecule has 0 radical (unpaired) electrons. The summed E-state index contributed by atoms with van der Waals surface area (Å²) in [6, 6.07) is 8.00. The molecule has 0 spiro atoms. The number of hydrogen-bond acceptors (Lipinski definition) is 8. The Morgan fingerprint density at radius 2 is 2.23 bits per heavy atom. The van der Waals surface area contributed by atoms with Crippen molar-refractivity contribution in [2.24, 2.45) is 0 Å². The number of allylic oxidation sites excluding steroid dienone is 1. The summed E-state index contributed by atoms with van der Waals surface area (Å²) in [4.78, 5) is 4.17. The zero-order valence-corrected chi connectivity index (χ0v) is 15.9. The lowest BCUT2D eigenvalue weighted by Gasteiger charge is -2.22. The normalized spacial score (nSPS) is 16.7. The fraction of sp³-hybridized carbons (Fsp3) is 0.143. The summed E-state index contributed by atoms with van der Waals surface area (Å²) in [5, 5.41) is 24.0. The maximum Gasteiger partial charge on any atom is 0.191 e. The summed E-state index contributed by atoms with van der Waals surface area (Å²) in [7, 11) is 0. The highest BCUT2D eigenvalue weighted by atomic mass is 19.1. The molecule has 150 valence electrons. The van der Waals surface area contributed by atoms with Gasteiger partial charge in [-0.25, -0.2) is 9.37 Å². The lowest BCUT2D eigenvalue weighted by molar-refractivity contribution is 0.227. The third kappa shape index (κ3) is 3.35. The molecule has 0 aliphatic carbocycles. The molecule has 1 aliphatic heterocycles. The molecule has 3 heterocycles. The number of hydrogen-bond donors (Lipinski definition) is 3. The number of nitrogens with two attached hydrogens (primary N) is 1. The van der Waals surface area contributed by atoms with Crippen LogP contribution in [-0.2, 0) is 6.54 Å². The van der Waals surface area contributed by atoms with E-state index in [1.807, 2.05) is 6.07 Å². The van der Waals surface area contributed by atoms with Crippen LogP contribution in [0, 0.1) is 22.6 Å². The number of nitrogens with zero attached hydrogens (tertiary/aromatic N) is 3. The van der Waals surface area contributed by atoms with Crippen molar-refractivity contribution in [3.8, 4) is 22.9 Å². The Bertz CT molecular complexity index is 1210. The average Bonchev–Trinajstić information content (AvgIpc) is 3.15. The zero-order valence-electron chi connectivity index (χ0n) is 15.9. The minimum atomic E-state index is -0.581. The summed E-state index contributed by atoms with van der Waals surface area (Å²) in [5.74, 6) is 0.432. The van der Waals surface area contributed by atoms with Gasteiger partial charge >= 0.3 is 0 Å². The van der Waals surface area contributed by atoms with Crippen LogP contribution in [0.25, 0.3) is 16.8 Å². The molecule has 0 fully saturated rings. The fourth-order valence-corrected chi connectivity index (χ4v) is 3.38. The van der Waals surface area contributed by atoms with Gasteiger partial charge in [-0.1, -0.05) is 5.16 Å². The smallest absolute Gasteiger partial charge is 0.191 e. The van der Waals surface area contributed by atoms with Crippen molar-refractivity contribution >= 4 is 17.7 Å². The third-order valence-electron chi connectivity index (χ3n) is 4.77. The van der Waals surface area contributed by atoms with Gasteiger partial charge in [-0.05, 0) is 37.3 Å². The van der Waals surface area contributed by atoms with Crippen molar-refractivity contribution in [3.63, 3.8) is 0 Å². The van der Waals surface area contributed by atoms with Gasteiger partial charge in [0.15, 0.2) is 23.0 Å². The number of aromatic nitrogens is 2. The van der Waals surface area contributed by atoms with Crippen LogP contribution in [0.3, 0.4) is 0 Å². The van der Waals surface area contributed by atoms with Crippen molar-refractivity contribution in [1.82, 2.24) is 15.5 Å². The number of nitriles is 1. The molecule has 30 heavy (non-hydrogen) atoms. The summed E-state index contributed by atoms with van der Waals surface area (Å²) in [5.41, 5.74) is 8.91. The molecule has 1 atom stereocenters. The first kappa shape index (κ1) is 19.1. The number of nitrogens with one attached hydrogen (secondary N) is 2. The van der Waals surface area contributed by atoms with Crippen LogP contribution in [0.2, 0.25) is 0 Å². The second-order valence-electron chi connectivity index (χ2n) is 6.64. The number of rotatable bonds is 1. The zero-order chi connectivity index (χ0) is 21.3. The van der Waals surface area contributed by atoms with Gasteiger partial charge in [0.05, 0.1) is 12.1 Å². The van der Waals surface area contributed by atoms with Crippen LogP contribution in [0.15, 0.2) is 41.1 Å². The SMILES string of the molecule is C[C@H]1Oc2cc(cnc2N)-c2c(C#N)noc2CN/C(=C\C=N)c2ccc(F)cc21. The van der Waals surface area contributed by atoms with Crippen molar-refractivity contribution in [3.05, 3.63) is 64.9 Å². The molecular formula is C21H17FN6O2. The Balaban J connectivity index is 1.95. The standard InChI is InChI=1S/C21H17FN6O2/c1-11-15-7-13(22)2-3-14(15)16(4-5-23)26-10-19-20(17(8-24)28-30-19)12-6-18(29-11)21(25)27-9-12/h2-7,9,11,23,26H,10H2,1H3,(H2,25,27)/b16-4-,23-5?/t11-/m1/s1. The molecule has 8 nitrogen and oxygen atoms in total. The number of pyridine rings is 1. The lowest BCUT2D eigenvalue weighted by Crippen LogP contribution is -2.17. The molecule has 4 N–H and O–H groups in total. The van der Waals surface area contributed by atoms with Crippen molar-refractivity contribution in [2.75, 3.05) is 5.73 Å². The van der Waals surface area contributed by atoms with E-state index in [0.717, 1.165) is 6.21 Å². The minimum absolute atomic E-state index is 0.106. The second-order valence-corrected chi connectivity index (χ2v) is 6.64. The van der Waals surface area contributed by atoms with Gasteiger partial charge in [-0.3, -0.25) is 0 Å². The van der Waals surface area contributed by atoms with Crippen LogP contribution >= 0.6 is 0 Å². The van der Waals surface area contributed by atoms with Crippen LogP contribution < -0.4 is 15.8 Å². The fourth-order valence-electron chi connectivity index (χ4n) is 3.38. The van der Waals surface area contributed by atoms with E-state index in [9.17, 15) is 9.65 Å². The first-order valence-electron chi connectivity index (χ1n) is 9.07. The highest BCUT2D eigenvalue weighted by molar-refractivity contribution is 5.83. The number of nitrogen functional groups attached to an aromatic ring is 1. The number of fused-ring (bicyclic) bond motifs is 5. The van der Waals surface area contributed by atoms with E-state index >= 15 is 0 Å². The molecule has 2 aromatic heterocycles. The Hall–Kier alpha value is -4.19. The Morgan fingerprint density at radius 1 is 1.40 bits per heavy atom. The molecule has 2 bridgehead atoms. The molecule has 0 saturated heterocycles. The number of halogens is 1. The quantitative estimate of drug-likeness (QED) is 0.528. The van der Waals surface area contributed by atoms with E-state index in [-0.39, 0.29) is 23.8 Å². The predicted octanol–water partition coefficient (Wildman–Crippen LogP) is 3.56. The van der Waals surface area contributed by atoms with E-state index in [1.54, 1.807) is 25.1 Å². The Labute approximate surface area is 171 Å². The van der Waals surface area contributed by atoms with Crippen LogP contribution in [0.5, 0.6) is 5.75 Å². The molecule has 3 aromatic rings. The average molecular weight is 404 g/mol. The van der Waals surface area contributed by atoms with Gasteiger partial charge in [0.1, 0.15) is 18.0 Å². The van der Waals surface area contributed by atoms with Crippen LogP contribution in [0.1, 0.15) is 35.6 Å². The first-order chi connectivity index (χ1) is 14.5. The summed E-state index contributed by atoms with van der Waals surface area (Å²) >= 11 is 0. The number of ether oxygens (including phenoxy) is 1. The summed E-state index contributed by atoms with van der Waals surface area (Å²) in [6.07, 6.45) is 3.60. The van der Waals surface area contributed by atoms with E-state index in [0.29, 0.717) is 33.7 Å². The van der Waals surface area contributed by atoms with Gasteiger partial charge in [-0.2, -0.15) is 5.26 Å². The highest BCUT2D eigenvalue weighted by Crippen LogP contribution is 2.36. The topological polar surface area (TPSA) is 134 Å². The maximum absolute atomic E-state index is 14.0. The first-order valence-corrected chi connectivity index (χ1v) is 9.07. The predicted molar refractivity (Wildman–Crippen MR) is 108 cm³/mol. The largest absolute Gasteiger partial charge is 0.482 e. The van der Waals surface area contributed by atoms with E-state index in [1.165, 1.54) is 18.3 Å². The summed E-state index contributed by atoms with van der Waals surface area (Å²) < 4.78 is 25.5. The monoisotopic (exact) mass is 404 g/mol. The molecule has 0 saturated carbocycles. The third-order valence-corrected chi connectivity index (χ3v) is 4.77. The van der Waals surface area contributed by atoms with Crippen LogP contribution in [-0.4, -0.2) is 16.4 Å². The van der Waals surface area contributed by atoms with Crippen molar-refractivity contribution < 1.29 is 13.7 Å². The van der Waals surface area contributed by atoms with Gasteiger partial charge in [0, 0.05) is 34.8 Å². The van der Waals surface area contributed by atoms with Gasteiger partial charge in [0.25, 0.3) is 0 Å². The second kappa shape index (κ2) is 7.67. The maximum atomic E-state index is 14.0. The van der Waals surface area contributed by atoms with E-state index in [2.05, 4.69) is 15.5 Å². The van der Waals surface area contributed by atoms with Crippen LogP contribution in [0.4, 0.5) is 10.2 Å².